The Hall–Kier alpha value is -2.48. The summed E-state index contributed by atoms with van der Waals surface area (Å²) in [5, 5.41) is 18.0. The number of allylic oxidation sites excluding steroid dienone is 1. The maximum atomic E-state index is 12.1. The number of aryl methyl sites for hydroxylation is 1. The van der Waals surface area contributed by atoms with E-state index in [0.717, 1.165) is 34.9 Å². The smallest absolute Gasteiger partial charge is 0.264 e. The Balaban J connectivity index is 1.64. The Labute approximate surface area is 183 Å². The number of hydroxylamine groups is 1. The molecule has 0 aliphatic heterocycles. The standard InChI is InChI=1S/C24H29NO5S/c1-24(23(27)25-28,31(2,29)30)14-13-18-5-10-20(11-6-18)19-8-3-17(4-9-19)7-12-21-15-22(21)16-26/h3-12,21-22,26,28H,13-16H2,1-2H3,(H,25,27)/b12-7+/t21-,22+,24?/m0/s1. The van der Waals surface area contributed by atoms with Gasteiger partial charge in [-0.25, -0.2) is 13.9 Å². The zero-order valence-corrected chi connectivity index (χ0v) is 18.6. The van der Waals surface area contributed by atoms with Crippen LogP contribution in [0.5, 0.6) is 0 Å². The molecular formula is C24H29NO5S. The molecule has 2 aromatic carbocycles. The molecule has 1 aliphatic carbocycles. The highest BCUT2D eigenvalue weighted by Crippen LogP contribution is 2.39. The zero-order valence-electron chi connectivity index (χ0n) is 17.8. The predicted molar refractivity (Wildman–Crippen MR) is 121 cm³/mol. The van der Waals surface area contributed by atoms with Gasteiger partial charge in [0, 0.05) is 12.9 Å². The first-order chi connectivity index (χ1) is 14.7. The SMILES string of the molecule is CC(CCc1ccc(-c2ccc(/C=C/[C@H]3C[C@@H]3CO)cc2)cc1)(C(=O)NO)S(C)(=O)=O. The summed E-state index contributed by atoms with van der Waals surface area (Å²) in [6.45, 7) is 1.58. The van der Waals surface area contributed by atoms with Crippen molar-refractivity contribution < 1.29 is 23.5 Å². The maximum absolute atomic E-state index is 12.1. The number of aliphatic hydroxyl groups excluding tert-OH is 1. The first-order valence-electron chi connectivity index (χ1n) is 10.3. The zero-order chi connectivity index (χ0) is 22.6. The summed E-state index contributed by atoms with van der Waals surface area (Å²) in [6, 6.07) is 16.0. The Morgan fingerprint density at radius 3 is 2.19 bits per heavy atom. The number of nitrogens with one attached hydrogen (secondary N) is 1. The summed E-state index contributed by atoms with van der Waals surface area (Å²) < 4.78 is 22.5. The van der Waals surface area contributed by atoms with Gasteiger partial charge in [-0.2, -0.15) is 0 Å². The summed E-state index contributed by atoms with van der Waals surface area (Å²) in [6.07, 6.45) is 6.76. The summed E-state index contributed by atoms with van der Waals surface area (Å²) >= 11 is 0. The van der Waals surface area contributed by atoms with Crippen LogP contribution in [0.15, 0.2) is 54.6 Å². The molecule has 3 N–H and O–H groups in total. The van der Waals surface area contributed by atoms with Gasteiger partial charge in [0.05, 0.1) is 0 Å². The predicted octanol–water partition coefficient (Wildman–Crippen LogP) is 3.24. The fourth-order valence-electron chi connectivity index (χ4n) is 3.57. The van der Waals surface area contributed by atoms with Crippen molar-refractivity contribution >= 4 is 21.8 Å². The van der Waals surface area contributed by atoms with Gasteiger partial charge in [-0.1, -0.05) is 60.7 Å². The molecule has 1 unspecified atom stereocenters. The second-order valence-electron chi connectivity index (χ2n) is 8.46. The van der Waals surface area contributed by atoms with Gasteiger partial charge >= 0.3 is 0 Å². The number of benzene rings is 2. The molecule has 1 aliphatic rings. The van der Waals surface area contributed by atoms with Gasteiger partial charge in [-0.3, -0.25) is 10.0 Å². The van der Waals surface area contributed by atoms with E-state index >= 15 is 0 Å². The number of aliphatic hydroxyl groups is 1. The van der Waals surface area contributed by atoms with Gasteiger partial charge in [-0.15, -0.1) is 0 Å². The van der Waals surface area contributed by atoms with Crippen molar-refractivity contribution in [3.63, 3.8) is 0 Å². The van der Waals surface area contributed by atoms with Crippen molar-refractivity contribution in [3.05, 3.63) is 65.7 Å². The number of carbonyl (C=O) groups excluding carboxylic acids is 1. The van der Waals surface area contributed by atoms with Crippen LogP contribution >= 0.6 is 0 Å². The Kier molecular flexibility index (Phi) is 6.99. The van der Waals surface area contributed by atoms with Crippen LogP contribution < -0.4 is 5.48 Å². The number of carbonyl (C=O) groups is 1. The third-order valence-corrected chi connectivity index (χ3v) is 8.26. The molecule has 0 radical (unpaired) electrons. The van der Waals surface area contributed by atoms with Crippen molar-refractivity contribution in [1.82, 2.24) is 5.48 Å². The van der Waals surface area contributed by atoms with E-state index < -0.39 is 20.5 Å². The highest BCUT2D eigenvalue weighted by molar-refractivity contribution is 7.92. The van der Waals surface area contributed by atoms with Crippen LogP contribution in [0.1, 0.15) is 30.9 Å². The lowest BCUT2D eigenvalue weighted by Crippen LogP contribution is -2.49. The summed E-state index contributed by atoms with van der Waals surface area (Å²) in [7, 11) is -3.70. The van der Waals surface area contributed by atoms with Crippen molar-refractivity contribution in [2.45, 2.75) is 30.9 Å². The van der Waals surface area contributed by atoms with E-state index in [2.05, 4.69) is 36.4 Å². The lowest BCUT2D eigenvalue weighted by molar-refractivity contribution is -0.131. The fraction of sp³-hybridized carbons (Fsp3) is 0.375. The monoisotopic (exact) mass is 443 g/mol. The van der Waals surface area contributed by atoms with E-state index in [9.17, 15) is 13.2 Å². The van der Waals surface area contributed by atoms with E-state index in [4.69, 9.17) is 10.3 Å². The normalized spacial score (nSPS) is 20.4. The number of rotatable bonds is 9. The van der Waals surface area contributed by atoms with E-state index in [1.807, 2.05) is 24.3 Å². The highest BCUT2D eigenvalue weighted by atomic mass is 32.2. The second kappa shape index (κ2) is 9.34. The third kappa shape index (κ3) is 5.42. The number of hydrogen-bond acceptors (Lipinski definition) is 5. The van der Waals surface area contributed by atoms with Crippen LogP contribution in [0, 0.1) is 11.8 Å². The number of hydrogen-bond donors (Lipinski definition) is 3. The first kappa shape index (κ1) is 23.2. The Bertz CT molecular complexity index is 1040. The first-order valence-corrected chi connectivity index (χ1v) is 12.2. The molecule has 31 heavy (non-hydrogen) atoms. The van der Waals surface area contributed by atoms with Crippen LogP contribution in [0.4, 0.5) is 0 Å². The van der Waals surface area contributed by atoms with Gasteiger partial charge in [-0.05, 0) is 60.3 Å². The quantitative estimate of drug-likeness (QED) is 0.408. The molecule has 1 saturated carbocycles. The molecule has 0 saturated heterocycles. The summed E-state index contributed by atoms with van der Waals surface area (Å²) in [4.78, 5) is 11.9. The Morgan fingerprint density at radius 2 is 1.71 bits per heavy atom. The van der Waals surface area contributed by atoms with Crippen LogP contribution in [-0.2, 0) is 21.1 Å². The molecule has 0 spiro atoms. The molecule has 0 bridgehead atoms. The molecule has 3 atom stereocenters. The molecule has 6 nitrogen and oxygen atoms in total. The molecule has 1 fully saturated rings. The molecule has 0 heterocycles. The van der Waals surface area contributed by atoms with Gasteiger partial charge in [0.1, 0.15) is 4.75 Å². The van der Waals surface area contributed by atoms with E-state index in [0.29, 0.717) is 18.3 Å². The summed E-state index contributed by atoms with van der Waals surface area (Å²) in [5.74, 6) is -0.0121. The van der Waals surface area contributed by atoms with E-state index in [1.54, 1.807) is 0 Å². The van der Waals surface area contributed by atoms with Gasteiger partial charge in [0.2, 0.25) is 0 Å². The van der Waals surface area contributed by atoms with Crippen LogP contribution in [0.25, 0.3) is 17.2 Å². The van der Waals surface area contributed by atoms with Crippen molar-refractivity contribution in [1.29, 1.82) is 0 Å². The lowest BCUT2D eigenvalue weighted by atomic mass is 9.97. The largest absolute Gasteiger partial charge is 0.396 e. The van der Waals surface area contributed by atoms with Crippen LogP contribution in [0.2, 0.25) is 0 Å². The molecule has 166 valence electrons. The third-order valence-electron chi connectivity index (χ3n) is 6.24. The van der Waals surface area contributed by atoms with Gasteiger partial charge < -0.3 is 5.11 Å². The lowest BCUT2D eigenvalue weighted by Gasteiger charge is -2.25. The van der Waals surface area contributed by atoms with Gasteiger partial charge in [0.25, 0.3) is 5.91 Å². The highest BCUT2D eigenvalue weighted by Gasteiger charge is 2.43. The van der Waals surface area contributed by atoms with Crippen LogP contribution in [-0.4, -0.2) is 42.2 Å². The molecule has 2 aromatic rings. The molecule has 3 rings (SSSR count). The molecule has 7 heteroatoms. The topological polar surface area (TPSA) is 104 Å². The average Bonchev–Trinajstić information content (AvgIpc) is 3.54. The van der Waals surface area contributed by atoms with Crippen molar-refractivity contribution in [2.75, 3.05) is 12.9 Å². The van der Waals surface area contributed by atoms with E-state index in [1.165, 1.54) is 12.4 Å². The number of sulfone groups is 1. The number of amides is 1. The molecule has 1 amide bonds. The van der Waals surface area contributed by atoms with Crippen molar-refractivity contribution in [3.8, 4) is 11.1 Å². The average molecular weight is 444 g/mol. The summed E-state index contributed by atoms with van der Waals surface area (Å²) in [5.41, 5.74) is 5.61. The molecular weight excluding hydrogens is 414 g/mol. The minimum Gasteiger partial charge on any atom is -0.396 e. The van der Waals surface area contributed by atoms with Crippen LogP contribution in [0.3, 0.4) is 0 Å². The minimum absolute atomic E-state index is 0.0662. The maximum Gasteiger partial charge on any atom is 0.264 e. The van der Waals surface area contributed by atoms with Crippen molar-refractivity contribution in [2.24, 2.45) is 11.8 Å². The fourth-order valence-corrected chi connectivity index (χ4v) is 4.43. The Morgan fingerprint density at radius 1 is 1.13 bits per heavy atom. The van der Waals surface area contributed by atoms with Gasteiger partial charge in [0.15, 0.2) is 9.84 Å². The second-order valence-corrected chi connectivity index (χ2v) is 10.9. The van der Waals surface area contributed by atoms with E-state index in [-0.39, 0.29) is 13.0 Å². The molecule has 0 aromatic heterocycles. The minimum atomic E-state index is -3.70.